The number of methoxy groups -OCH3 is 1. The minimum Gasteiger partial charge on any atom is -0.468 e. The number of rotatable bonds is 4. The molecule has 9 heteroatoms. The smallest absolute Gasteiger partial charge is 0.325 e. The van der Waals surface area contributed by atoms with E-state index in [2.05, 4.69) is 10.1 Å². The maximum absolute atomic E-state index is 12.4. The molecule has 0 radical (unpaired) electrons. The van der Waals surface area contributed by atoms with Crippen molar-refractivity contribution in [3.8, 4) is 0 Å². The van der Waals surface area contributed by atoms with Crippen LogP contribution in [0.3, 0.4) is 0 Å². The van der Waals surface area contributed by atoms with Crippen LogP contribution in [0, 0.1) is 0 Å². The molecule has 1 saturated heterocycles. The molecule has 0 aromatic carbocycles. The zero-order chi connectivity index (χ0) is 15.5. The van der Waals surface area contributed by atoms with Gasteiger partial charge in [0.15, 0.2) is 5.25 Å². The van der Waals surface area contributed by atoms with E-state index in [0.29, 0.717) is 6.54 Å². The highest BCUT2D eigenvalue weighted by Gasteiger charge is 2.42. The Balaban J connectivity index is 3.06. The van der Waals surface area contributed by atoms with E-state index >= 15 is 0 Å². The first kappa shape index (κ1) is 16.9. The lowest BCUT2D eigenvalue weighted by atomic mass is 10.2. The van der Waals surface area contributed by atoms with E-state index < -0.39 is 27.3 Å². The molecule has 0 saturated carbocycles. The van der Waals surface area contributed by atoms with Gasteiger partial charge in [0, 0.05) is 33.7 Å². The molecule has 20 heavy (non-hydrogen) atoms. The lowest BCUT2D eigenvalue weighted by Gasteiger charge is -2.36. The van der Waals surface area contributed by atoms with E-state index in [4.69, 9.17) is 0 Å². The monoisotopic (exact) mass is 307 g/mol. The van der Waals surface area contributed by atoms with E-state index in [1.165, 1.54) is 11.8 Å². The summed E-state index contributed by atoms with van der Waals surface area (Å²) < 4.78 is 30.5. The molecule has 1 rings (SSSR count). The number of amides is 1. The number of hydrogen-bond acceptors (Lipinski definition) is 6. The van der Waals surface area contributed by atoms with E-state index in [1.54, 1.807) is 14.1 Å². The zero-order valence-electron chi connectivity index (χ0n) is 12.1. The van der Waals surface area contributed by atoms with Crippen molar-refractivity contribution in [3.63, 3.8) is 0 Å². The first-order chi connectivity index (χ1) is 9.23. The van der Waals surface area contributed by atoms with Gasteiger partial charge in [0.1, 0.15) is 6.04 Å². The van der Waals surface area contributed by atoms with Crippen LogP contribution in [0.4, 0.5) is 0 Å². The number of piperazine rings is 1. The van der Waals surface area contributed by atoms with Gasteiger partial charge in [-0.25, -0.2) is 8.42 Å². The van der Waals surface area contributed by atoms with Gasteiger partial charge in [-0.15, -0.1) is 0 Å². The summed E-state index contributed by atoms with van der Waals surface area (Å²) in [7, 11) is 0.326. The molecule has 2 atom stereocenters. The SMILES string of the molecule is COC(=O)C(C)S(=O)(=O)N1CCNCC1C(=O)N(C)C. The predicted octanol–water partition coefficient (Wildman–Crippen LogP) is -1.76. The molecule has 0 bridgehead atoms. The van der Waals surface area contributed by atoms with Gasteiger partial charge in [-0.05, 0) is 6.92 Å². The molecule has 8 nitrogen and oxygen atoms in total. The molecule has 1 heterocycles. The fraction of sp³-hybridized carbons (Fsp3) is 0.818. The van der Waals surface area contributed by atoms with Crippen molar-refractivity contribution in [2.75, 3.05) is 40.8 Å². The molecule has 116 valence electrons. The Morgan fingerprint density at radius 1 is 1.40 bits per heavy atom. The number of carbonyl (C=O) groups is 2. The molecule has 2 unspecified atom stereocenters. The van der Waals surface area contributed by atoms with Gasteiger partial charge in [0.25, 0.3) is 0 Å². The summed E-state index contributed by atoms with van der Waals surface area (Å²) in [4.78, 5) is 24.9. The number of carbonyl (C=O) groups excluding carboxylic acids is 2. The maximum Gasteiger partial charge on any atom is 0.325 e. The van der Waals surface area contributed by atoms with Crippen molar-refractivity contribution in [3.05, 3.63) is 0 Å². The average Bonchev–Trinajstić information content (AvgIpc) is 2.44. The highest BCUT2D eigenvalue weighted by molar-refractivity contribution is 7.90. The van der Waals surface area contributed by atoms with Crippen LogP contribution in [0.15, 0.2) is 0 Å². The van der Waals surface area contributed by atoms with Crippen molar-refractivity contribution in [1.29, 1.82) is 0 Å². The highest BCUT2D eigenvalue weighted by atomic mass is 32.2. The number of hydrogen-bond donors (Lipinski definition) is 1. The predicted molar refractivity (Wildman–Crippen MR) is 72.5 cm³/mol. The molecular weight excluding hydrogens is 286 g/mol. The molecule has 0 aromatic rings. The number of nitrogens with one attached hydrogen (secondary N) is 1. The molecule has 1 N–H and O–H groups in total. The molecule has 1 aliphatic rings. The number of likely N-dealkylation sites (N-methyl/N-ethyl adjacent to an activating group) is 1. The van der Waals surface area contributed by atoms with Gasteiger partial charge in [0.05, 0.1) is 7.11 Å². The Labute approximate surface area is 119 Å². The van der Waals surface area contributed by atoms with Crippen molar-refractivity contribution >= 4 is 21.9 Å². The maximum atomic E-state index is 12.4. The summed E-state index contributed by atoms with van der Waals surface area (Å²) in [6.45, 7) is 2.07. The van der Waals surface area contributed by atoms with Crippen molar-refractivity contribution in [2.45, 2.75) is 18.2 Å². The van der Waals surface area contributed by atoms with Crippen LogP contribution >= 0.6 is 0 Å². The van der Waals surface area contributed by atoms with Gasteiger partial charge < -0.3 is 15.0 Å². The van der Waals surface area contributed by atoms with Gasteiger partial charge >= 0.3 is 5.97 Å². The second-order valence-electron chi connectivity index (χ2n) is 4.77. The van der Waals surface area contributed by atoms with Gasteiger partial charge in [0.2, 0.25) is 15.9 Å². The number of esters is 1. The first-order valence-corrected chi connectivity index (χ1v) is 7.74. The summed E-state index contributed by atoms with van der Waals surface area (Å²) in [6.07, 6.45) is 0. The second-order valence-corrected chi connectivity index (χ2v) is 6.98. The third kappa shape index (κ3) is 3.28. The van der Waals surface area contributed by atoms with Crippen molar-refractivity contribution in [1.82, 2.24) is 14.5 Å². The van der Waals surface area contributed by atoms with Gasteiger partial charge in [-0.3, -0.25) is 9.59 Å². The van der Waals surface area contributed by atoms with Gasteiger partial charge in [-0.2, -0.15) is 4.31 Å². The van der Waals surface area contributed by atoms with Crippen LogP contribution in [0.25, 0.3) is 0 Å². The summed E-state index contributed by atoms with van der Waals surface area (Å²) in [5.74, 6) is -1.16. The minimum atomic E-state index is -3.93. The average molecular weight is 307 g/mol. The highest BCUT2D eigenvalue weighted by Crippen LogP contribution is 2.17. The second kappa shape index (κ2) is 6.51. The van der Waals surface area contributed by atoms with Crippen LogP contribution in [0.5, 0.6) is 0 Å². The fourth-order valence-corrected chi connectivity index (χ4v) is 3.60. The quantitative estimate of drug-likeness (QED) is 0.618. The van der Waals surface area contributed by atoms with Crippen LogP contribution < -0.4 is 5.32 Å². The normalized spacial score (nSPS) is 22.1. The Morgan fingerprint density at radius 2 is 2.00 bits per heavy atom. The lowest BCUT2D eigenvalue weighted by Crippen LogP contribution is -2.61. The minimum absolute atomic E-state index is 0.147. The number of ether oxygens (including phenoxy) is 1. The molecule has 1 fully saturated rings. The topological polar surface area (TPSA) is 96.0 Å². The van der Waals surface area contributed by atoms with E-state index in [-0.39, 0.29) is 19.0 Å². The van der Waals surface area contributed by atoms with Crippen LogP contribution in [-0.4, -0.2) is 81.6 Å². The van der Waals surface area contributed by atoms with Crippen LogP contribution in [0.2, 0.25) is 0 Å². The summed E-state index contributed by atoms with van der Waals surface area (Å²) in [5, 5.41) is 1.65. The van der Waals surface area contributed by atoms with Gasteiger partial charge in [-0.1, -0.05) is 0 Å². The Hall–Kier alpha value is -1.19. The van der Waals surface area contributed by atoms with E-state index in [1.807, 2.05) is 0 Å². The standard InChI is InChI=1S/C11H21N3O5S/c1-8(11(16)19-4)20(17,18)14-6-5-12-7-9(14)10(15)13(2)3/h8-9,12H,5-7H2,1-4H3. The summed E-state index contributed by atoms with van der Waals surface area (Å²) in [6, 6.07) is -0.837. The van der Waals surface area contributed by atoms with E-state index in [9.17, 15) is 18.0 Å². The number of nitrogens with zero attached hydrogens (tertiary/aromatic N) is 2. The molecule has 0 spiro atoms. The first-order valence-electron chi connectivity index (χ1n) is 6.23. The fourth-order valence-electron chi connectivity index (χ4n) is 1.99. The van der Waals surface area contributed by atoms with E-state index in [0.717, 1.165) is 11.4 Å². The zero-order valence-corrected chi connectivity index (χ0v) is 12.9. The Kier molecular flexibility index (Phi) is 5.49. The molecule has 0 aliphatic carbocycles. The summed E-state index contributed by atoms with van der Waals surface area (Å²) >= 11 is 0. The lowest BCUT2D eigenvalue weighted by molar-refractivity contribution is -0.140. The van der Waals surface area contributed by atoms with Crippen molar-refractivity contribution < 1.29 is 22.7 Å². The Morgan fingerprint density at radius 3 is 2.50 bits per heavy atom. The summed E-state index contributed by atoms with van der Waals surface area (Å²) in [5.41, 5.74) is 0. The third-order valence-corrected chi connectivity index (χ3v) is 5.40. The van der Waals surface area contributed by atoms with Crippen LogP contribution in [0.1, 0.15) is 6.92 Å². The Bertz CT molecular complexity index is 476. The third-order valence-electron chi connectivity index (χ3n) is 3.23. The molecule has 1 aliphatic heterocycles. The van der Waals surface area contributed by atoms with Crippen LogP contribution in [-0.2, 0) is 24.3 Å². The molecular formula is C11H21N3O5S. The largest absolute Gasteiger partial charge is 0.468 e. The number of sulfonamides is 1. The molecule has 1 amide bonds. The van der Waals surface area contributed by atoms with Crippen molar-refractivity contribution in [2.24, 2.45) is 0 Å². The molecule has 0 aromatic heterocycles.